The zero-order chi connectivity index (χ0) is 13.2. The summed E-state index contributed by atoms with van der Waals surface area (Å²) in [6.07, 6.45) is 2.10. The summed E-state index contributed by atoms with van der Waals surface area (Å²) < 4.78 is 0. The number of hydrogen-bond donors (Lipinski definition) is 2. The van der Waals surface area contributed by atoms with Gasteiger partial charge in [0.1, 0.15) is 11.9 Å². The van der Waals surface area contributed by atoms with Crippen LogP contribution in [0.5, 0.6) is 0 Å². The molecule has 0 saturated heterocycles. The van der Waals surface area contributed by atoms with Crippen LogP contribution in [0.1, 0.15) is 23.8 Å². The zero-order valence-electron chi connectivity index (χ0n) is 10.2. The molecule has 1 aliphatic rings. The highest BCUT2D eigenvalue weighted by molar-refractivity contribution is 7.16. The minimum Gasteiger partial charge on any atom is -0.383 e. The molecule has 3 rings (SSSR count). The molecule has 1 aliphatic carbocycles. The van der Waals surface area contributed by atoms with Crippen LogP contribution in [0.25, 0.3) is 0 Å². The van der Waals surface area contributed by atoms with E-state index in [1.54, 1.807) is 0 Å². The van der Waals surface area contributed by atoms with Crippen LogP contribution in [0.4, 0.5) is 16.6 Å². The fourth-order valence-corrected chi connectivity index (χ4v) is 3.04. The monoisotopic (exact) mass is 274 g/mol. The molecule has 0 radical (unpaired) electrons. The molecule has 19 heavy (non-hydrogen) atoms. The summed E-state index contributed by atoms with van der Waals surface area (Å²) in [4.78, 5) is 16.0. The molecule has 2 aromatic rings. The Kier molecular flexibility index (Phi) is 3.16. The minimum atomic E-state index is -0.330. The van der Waals surface area contributed by atoms with E-state index < -0.39 is 0 Å². The van der Waals surface area contributed by atoms with Gasteiger partial charge in [0.05, 0.1) is 4.88 Å². The van der Waals surface area contributed by atoms with Crippen molar-refractivity contribution in [1.29, 1.82) is 0 Å². The van der Waals surface area contributed by atoms with Gasteiger partial charge in [-0.15, -0.1) is 0 Å². The number of thiazole rings is 1. The van der Waals surface area contributed by atoms with Crippen molar-refractivity contribution in [3.63, 3.8) is 0 Å². The van der Waals surface area contributed by atoms with Crippen LogP contribution in [-0.4, -0.2) is 4.98 Å². The number of nitroso groups, excluding NO2 is 1. The molecule has 5 nitrogen and oxygen atoms in total. The first-order valence-electron chi connectivity index (χ1n) is 6.18. The molecule has 0 amide bonds. The van der Waals surface area contributed by atoms with Crippen molar-refractivity contribution in [3.8, 4) is 0 Å². The molecule has 6 heteroatoms. The largest absolute Gasteiger partial charge is 0.383 e. The van der Waals surface area contributed by atoms with Gasteiger partial charge in [-0.3, -0.25) is 0 Å². The summed E-state index contributed by atoms with van der Waals surface area (Å²) in [6.45, 7) is 0. The van der Waals surface area contributed by atoms with Gasteiger partial charge >= 0.3 is 0 Å². The summed E-state index contributed by atoms with van der Waals surface area (Å²) in [5.41, 5.74) is 6.85. The van der Waals surface area contributed by atoms with E-state index in [2.05, 4.69) is 15.5 Å². The van der Waals surface area contributed by atoms with Crippen molar-refractivity contribution >= 4 is 28.0 Å². The number of nitrogens with one attached hydrogen (secondary N) is 1. The average Bonchev–Trinajstić information content (AvgIpc) is 3.18. The van der Waals surface area contributed by atoms with Crippen molar-refractivity contribution in [2.75, 3.05) is 11.1 Å². The third-order valence-corrected chi connectivity index (χ3v) is 4.21. The standard InChI is InChI=1S/C13H14N4OS/c14-12-11(10(17-18)8-6-7-8)19-13(16-12)15-9-4-2-1-3-5-9/h1-5,8,10H,6-7,14H2,(H,15,16). The number of anilines is 3. The Morgan fingerprint density at radius 1 is 1.37 bits per heavy atom. The second-order valence-corrected chi connectivity index (χ2v) is 5.68. The van der Waals surface area contributed by atoms with E-state index in [1.807, 2.05) is 30.3 Å². The van der Waals surface area contributed by atoms with E-state index in [1.165, 1.54) is 11.3 Å². The van der Waals surface area contributed by atoms with Crippen molar-refractivity contribution in [1.82, 2.24) is 4.98 Å². The van der Waals surface area contributed by atoms with Crippen molar-refractivity contribution in [2.24, 2.45) is 11.1 Å². The van der Waals surface area contributed by atoms with Crippen LogP contribution < -0.4 is 11.1 Å². The van der Waals surface area contributed by atoms with Crippen molar-refractivity contribution < 1.29 is 0 Å². The van der Waals surface area contributed by atoms with E-state index >= 15 is 0 Å². The van der Waals surface area contributed by atoms with Crippen LogP contribution in [-0.2, 0) is 0 Å². The number of benzene rings is 1. The highest BCUT2D eigenvalue weighted by Gasteiger charge is 2.36. The molecule has 0 bridgehead atoms. The van der Waals surface area contributed by atoms with Gasteiger partial charge in [0, 0.05) is 5.69 Å². The first-order chi connectivity index (χ1) is 9.28. The first kappa shape index (κ1) is 12.1. The maximum atomic E-state index is 11.0. The Balaban J connectivity index is 1.82. The molecule has 1 saturated carbocycles. The zero-order valence-corrected chi connectivity index (χ0v) is 11.1. The van der Waals surface area contributed by atoms with E-state index in [0.29, 0.717) is 16.9 Å². The van der Waals surface area contributed by atoms with Gasteiger partial charge in [0.15, 0.2) is 5.13 Å². The van der Waals surface area contributed by atoms with Crippen LogP contribution in [0, 0.1) is 10.8 Å². The van der Waals surface area contributed by atoms with Gasteiger partial charge in [-0.1, -0.05) is 34.7 Å². The average molecular weight is 274 g/mol. The number of nitrogen functional groups attached to an aromatic ring is 1. The highest BCUT2D eigenvalue weighted by atomic mass is 32.1. The molecule has 98 valence electrons. The van der Waals surface area contributed by atoms with Gasteiger partial charge in [-0.25, -0.2) is 4.98 Å². The normalized spacial score (nSPS) is 16.0. The van der Waals surface area contributed by atoms with Crippen LogP contribution in [0.2, 0.25) is 0 Å². The van der Waals surface area contributed by atoms with Gasteiger partial charge < -0.3 is 11.1 Å². The van der Waals surface area contributed by atoms with E-state index in [9.17, 15) is 4.91 Å². The van der Waals surface area contributed by atoms with Gasteiger partial charge in [0.2, 0.25) is 0 Å². The Morgan fingerprint density at radius 2 is 2.11 bits per heavy atom. The van der Waals surface area contributed by atoms with Crippen molar-refractivity contribution in [2.45, 2.75) is 18.9 Å². The number of para-hydroxylation sites is 1. The molecule has 1 unspecified atom stereocenters. The summed E-state index contributed by atoms with van der Waals surface area (Å²) in [5, 5.41) is 7.10. The molecule has 1 heterocycles. The maximum Gasteiger partial charge on any atom is 0.189 e. The van der Waals surface area contributed by atoms with Gasteiger partial charge in [-0.2, -0.15) is 4.91 Å². The fourth-order valence-electron chi connectivity index (χ4n) is 2.01. The molecule has 1 aromatic heterocycles. The summed E-state index contributed by atoms with van der Waals surface area (Å²) in [6, 6.07) is 9.41. The summed E-state index contributed by atoms with van der Waals surface area (Å²) in [7, 11) is 0. The smallest absolute Gasteiger partial charge is 0.189 e. The predicted molar refractivity (Wildman–Crippen MR) is 77.5 cm³/mol. The predicted octanol–water partition coefficient (Wildman–Crippen LogP) is 3.69. The first-order valence-corrected chi connectivity index (χ1v) is 7.00. The third-order valence-electron chi connectivity index (χ3n) is 3.16. The lowest BCUT2D eigenvalue weighted by molar-refractivity contribution is 0.643. The minimum absolute atomic E-state index is 0.330. The number of nitrogens with zero attached hydrogens (tertiary/aromatic N) is 2. The summed E-state index contributed by atoms with van der Waals surface area (Å²) in [5.74, 6) is 0.768. The quantitative estimate of drug-likeness (QED) is 0.815. The van der Waals surface area contributed by atoms with E-state index in [0.717, 1.165) is 23.4 Å². The number of nitrogens with two attached hydrogens (primary N) is 1. The lowest BCUT2D eigenvalue weighted by Gasteiger charge is -2.04. The Bertz CT molecular complexity index is 580. The Morgan fingerprint density at radius 3 is 2.74 bits per heavy atom. The summed E-state index contributed by atoms with van der Waals surface area (Å²) >= 11 is 1.41. The topological polar surface area (TPSA) is 80.4 Å². The second-order valence-electron chi connectivity index (χ2n) is 4.65. The van der Waals surface area contributed by atoms with Crippen LogP contribution in [0.15, 0.2) is 35.5 Å². The molecule has 0 spiro atoms. The second kappa shape index (κ2) is 4.97. The van der Waals surface area contributed by atoms with E-state index in [4.69, 9.17) is 5.73 Å². The highest BCUT2D eigenvalue weighted by Crippen LogP contribution is 2.47. The SMILES string of the molecule is Nc1nc(Nc2ccccc2)sc1C(N=O)C1CC1. The van der Waals surface area contributed by atoms with Crippen molar-refractivity contribution in [3.05, 3.63) is 40.1 Å². The Labute approximate surface area is 114 Å². The third kappa shape index (κ3) is 2.58. The lowest BCUT2D eigenvalue weighted by Crippen LogP contribution is -1.98. The molecule has 1 fully saturated rings. The number of hydrogen-bond acceptors (Lipinski definition) is 6. The maximum absolute atomic E-state index is 11.0. The molecule has 0 aliphatic heterocycles. The Hall–Kier alpha value is -1.95. The van der Waals surface area contributed by atoms with Crippen LogP contribution >= 0.6 is 11.3 Å². The molecular weight excluding hydrogens is 260 g/mol. The van der Waals surface area contributed by atoms with Gasteiger partial charge in [-0.05, 0) is 30.9 Å². The number of aromatic nitrogens is 1. The molecule has 1 aromatic carbocycles. The van der Waals surface area contributed by atoms with E-state index in [-0.39, 0.29) is 6.04 Å². The van der Waals surface area contributed by atoms with Gasteiger partial charge in [0.25, 0.3) is 0 Å². The molecular formula is C13H14N4OS. The van der Waals surface area contributed by atoms with Crippen LogP contribution in [0.3, 0.4) is 0 Å². The fraction of sp³-hybridized carbons (Fsp3) is 0.308. The molecule has 3 N–H and O–H groups in total. The molecule has 1 atom stereocenters. The number of rotatable bonds is 5. The lowest BCUT2D eigenvalue weighted by atomic mass is 10.2.